The minimum Gasteiger partial charge on any atom is -0.368 e. The lowest BCUT2D eigenvalue weighted by atomic mass is 10.1. The molecule has 7 heteroatoms. The van der Waals surface area contributed by atoms with Gasteiger partial charge in [-0.3, -0.25) is 4.79 Å². The van der Waals surface area contributed by atoms with Crippen molar-refractivity contribution in [2.75, 3.05) is 16.8 Å². The van der Waals surface area contributed by atoms with Crippen LogP contribution in [0, 0.1) is 13.8 Å². The van der Waals surface area contributed by atoms with Crippen LogP contribution in [-0.4, -0.2) is 26.6 Å². The molecule has 2 aromatic rings. The third-order valence-corrected chi connectivity index (χ3v) is 3.43. The minimum atomic E-state index is -0.109. The van der Waals surface area contributed by atoms with Gasteiger partial charge in [0.1, 0.15) is 6.33 Å². The van der Waals surface area contributed by atoms with Gasteiger partial charge >= 0.3 is 0 Å². The van der Waals surface area contributed by atoms with Crippen molar-refractivity contribution in [1.29, 1.82) is 0 Å². The molecule has 0 spiro atoms. The van der Waals surface area contributed by atoms with Crippen molar-refractivity contribution < 1.29 is 4.79 Å². The number of rotatable bonds is 4. The Morgan fingerprint density at radius 1 is 1.35 bits per heavy atom. The number of amides is 1. The Bertz CT molecular complexity index is 632. The zero-order valence-electron chi connectivity index (χ0n) is 11.3. The number of benzene rings is 1. The third-order valence-electron chi connectivity index (χ3n) is 2.57. The Labute approximate surface area is 121 Å². The minimum absolute atomic E-state index is 0.109. The topological polar surface area (TPSA) is 93.8 Å². The molecule has 1 heterocycles. The molecule has 3 N–H and O–H groups in total. The van der Waals surface area contributed by atoms with Crippen LogP contribution in [0.4, 0.5) is 11.6 Å². The molecule has 0 atom stereocenters. The van der Waals surface area contributed by atoms with Gasteiger partial charge in [0.05, 0.1) is 5.75 Å². The van der Waals surface area contributed by atoms with E-state index < -0.39 is 0 Å². The molecule has 0 aliphatic carbocycles. The highest BCUT2D eigenvalue weighted by atomic mass is 32.2. The molecule has 1 amide bonds. The van der Waals surface area contributed by atoms with E-state index in [1.807, 2.05) is 32.0 Å². The molecule has 6 nitrogen and oxygen atoms in total. The lowest BCUT2D eigenvalue weighted by Gasteiger charge is -2.08. The van der Waals surface area contributed by atoms with Gasteiger partial charge in [-0.05, 0) is 31.0 Å². The van der Waals surface area contributed by atoms with E-state index in [9.17, 15) is 4.79 Å². The van der Waals surface area contributed by atoms with E-state index in [4.69, 9.17) is 5.73 Å². The van der Waals surface area contributed by atoms with E-state index in [0.717, 1.165) is 16.8 Å². The number of nitrogen functional groups attached to an aromatic ring is 1. The molecule has 2 rings (SSSR count). The number of nitrogens with two attached hydrogens (primary N) is 1. The van der Waals surface area contributed by atoms with Crippen LogP contribution in [0.3, 0.4) is 0 Å². The van der Waals surface area contributed by atoms with Crippen molar-refractivity contribution in [1.82, 2.24) is 15.0 Å². The highest BCUT2D eigenvalue weighted by molar-refractivity contribution is 7.99. The fraction of sp³-hybridized carbons (Fsp3) is 0.231. The van der Waals surface area contributed by atoms with Crippen LogP contribution in [0.1, 0.15) is 11.1 Å². The number of carbonyl (C=O) groups is 1. The van der Waals surface area contributed by atoms with E-state index in [1.54, 1.807) is 0 Å². The number of aromatic nitrogens is 3. The normalized spacial score (nSPS) is 10.3. The maximum Gasteiger partial charge on any atom is 0.234 e. The summed E-state index contributed by atoms with van der Waals surface area (Å²) in [5, 5.41) is 3.31. The quantitative estimate of drug-likeness (QED) is 0.834. The average Bonchev–Trinajstić information content (AvgIpc) is 2.41. The first-order chi connectivity index (χ1) is 9.54. The Hall–Kier alpha value is -2.15. The predicted molar refractivity (Wildman–Crippen MR) is 79.5 cm³/mol. The standard InChI is InChI=1S/C13H15N5OS/c1-8-3-4-9(2)10(5-8)17-11(19)6-20-13-16-7-15-12(14)18-13/h3-5,7H,6H2,1-2H3,(H,17,19)(H2,14,15,16,18). The summed E-state index contributed by atoms with van der Waals surface area (Å²) in [5.41, 5.74) is 8.40. The Kier molecular flexibility index (Phi) is 4.52. The Morgan fingerprint density at radius 2 is 2.15 bits per heavy atom. The van der Waals surface area contributed by atoms with Crippen LogP contribution < -0.4 is 11.1 Å². The first-order valence-electron chi connectivity index (χ1n) is 5.99. The Morgan fingerprint density at radius 3 is 2.90 bits per heavy atom. The van der Waals surface area contributed by atoms with E-state index in [1.165, 1.54) is 18.1 Å². The third kappa shape index (κ3) is 3.92. The van der Waals surface area contributed by atoms with Gasteiger partial charge in [-0.2, -0.15) is 4.98 Å². The number of aryl methyl sites for hydroxylation is 2. The summed E-state index contributed by atoms with van der Waals surface area (Å²) in [5.74, 6) is 0.261. The fourth-order valence-corrected chi connectivity index (χ4v) is 2.16. The molecule has 0 radical (unpaired) electrons. The van der Waals surface area contributed by atoms with Crippen LogP contribution in [0.5, 0.6) is 0 Å². The van der Waals surface area contributed by atoms with Crippen molar-refractivity contribution in [3.05, 3.63) is 35.7 Å². The number of carbonyl (C=O) groups excluding carboxylic acids is 1. The van der Waals surface area contributed by atoms with Crippen molar-refractivity contribution >= 4 is 29.3 Å². The highest BCUT2D eigenvalue weighted by Crippen LogP contribution is 2.18. The summed E-state index contributed by atoms with van der Waals surface area (Å²) < 4.78 is 0. The average molecular weight is 289 g/mol. The predicted octanol–water partition coefficient (Wildman–Crippen LogP) is 1.80. The van der Waals surface area contributed by atoms with Crippen molar-refractivity contribution in [3.63, 3.8) is 0 Å². The van der Waals surface area contributed by atoms with Crippen LogP contribution in [0.15, 0.2) is 29.7 Å². The second-order valence-corrected chi connectivity index (χ2v) is 5.22. The van der Waals surface area contributed by atoms with E-state index >= 15 is 0 Å². The molecule has 0 saturated heterocycles. The van der Waals surface area contributed by atoms with Gasteiger partial charge in [-0.15, -0.1) is 0 Å². The molecule has 0 aliphatic rings. The lowest BCUT2D eigenvalue weighted by molar-refractivity contribution is -0.113. The van der Waals surface area contributed by atoms with Gasteiger partial charge in [0, 0.05) is 5.69 Å². The highest BCUT2D eigenvalue weighted by Gasteiger charge is 2.07. The van der Waals surface area contributed by atoms with Crippen LogP contribution in [0.25, 0.3) is 0 Å². The number of anilines is 2. The Balaban J connectivity index is 1.94. The van der Waals surface area contributed by atoms with Crippen LogP contribution in [0.2, 0.25) is 0 Å². The van der Waals surface area contributed by atoms with Crippen LogP contribution >= 0.6 is 11.8 Å². The molecule has 1 aromatic heterocycles. The van der Waals surface area contributed by atoms with Gasteiger partial charge < -0.3 is 11.1 Å². The molecule has 0 bridgehead atoms. The summed E-state index contributed by atoms with van der Waals surface area (Å²) in [7, 11) is 0. The maximum atomic E-state index is 11.9. The second kappa shape index (κ2) is 6.33. The number of thioether (sulfide) groups is 1. The zero-order valence-corrected chi connectivity index (χ0v) is 12.1. The molecule has 1 aromatic carbocycles. The number of nitrogens with zero attached hydrogens (tertiary/aromatic N) is 3. The molecular weight excluding hydrogens is 274 g/mol. The van der Waals surface area contributed by atoms with Gasteiger partial charge in [-0.25, -0.2) is 9.97 Å². The molecule has 20 heavy (non-hydrogen) atoms. The summed E-state index contributed by atoms with van der Waals surface area (Å²) >= 11 is 1.22. The summed E-state index contributed by atoms with van der Waals surface area (Å²) in [6.45, 7) is 3.94. The monoisotopic (exact) mass is 289 g/mol. The zero-order chi connectivity index (χ0) is 14.5. The largest absolute Gasteiger partial charge is 0.368 e. The smallest absolute Gasteiger partial charge is 0.234 e. The number of hydrogen-bond acceptors (Lipinski definition) is 6. The van der Waals surface area contributed by atoms with Gasteiger partial charge in [0.2, 0.25) is 11.9 Å². The first-order valence-corrected chi connectivity index (χ1v) is 6.97. The van der Waals surface area contributed by atoms with E-state index in [2.05, 4.69) is 20.3 Å². The summed E-state index contributed by atoms with van der Waals surface area (Å²) in [6.07, 6.45) is 1.33. The van der Waals surface area contributed by atoms with Crippen molar-refractivity contribution in [2.24, 2.45) is 0 Å². The van der Waals surface area contributed by atoms with E-state index in [0.29, 0.717) is 5.16 Å². The molecule has 0 aliphatic heterocycles. The van der Waals surface area contributed by atoms with Gasteiger partial charge in [0.15, 0.2) is 5.16 Å². The molecule has 0 unspecified atom stereocenters. The van der Waals surface area contributed by atoms with Crippen molar-refractivity contribution in [2.45, 2.75) is 19.0 Å². The molecule has 0 saturated carbocycles. The first kappa shape index (κ1) is 14.3. The molecule has 0 fully saturated rings. The maximum absolute atomic E-state index is 11.9. The fourth-order valence-electron chi connectivity index (χ4n) is 1.55. The summed E-state index contributed by atoms with van der Waals surface area (Å²) in [4.78, 5) is 23.5. The van der Waals surface area contributed by atoms with Crippen LogP contribution in [-0.2, 0) is 4.79 Å². The van der Waals surface area contributed by atoms with Gasteiger partial charge in [-0.1, -0.05) is 23.9 Å². The molecular formula is C13H15N5OS. The number of hydrogen-bond donors (Lipinski definition) is 2. The van der Waals surface area contributed by atoms with Gasteiger partial charge in [0.25, 0.3) is 0 Å². The van der Waals surface area contributed by atoms with Crippen molar-refractivity contribution in [3.8, 4) is 0 Å². The lowest BCUT2D eigenvalue weighted by Crippen LogP contribution is -2.15. The van der Waals surface area contributed by atoms with E-state index in [-0.39, 0.29) is 17.6 Å². The summed E-state index contributed by atoms with van der Waals surface area (Å²) in [6, 6.07) is 5.93. The second-order valence-electron chi connectivity index (χ2n) is 4.28. The molecule has 104 valence electrons. The SMILES string of the molecule is Cc1ccc(C)c(NC(=O)CSc2ncnc(N)n2)c1. The number of nitrogens with one attached hydrogen (secondary N) is 1.